The molecule has 6 heteroatoms. The summed E-state index contributed by atoms with van der Waals surface area (Å²) in [7, 11) is 3.10. The molecule has 0 aliphatic rings. The van der Waals surface area contributed by atoms with Crippen molar-refractivity contribution >= 4 is 11.9 Å². The monoisotopic (exact) mass is 343 g/mol. The first-order valence-electron chi connectivity index (χ1n) is 7.83. The summed E-state index contributed by atoms with van der Waals surface area (Å²) in [5.41, 5.74) is 1.44. The molecule has 0 aliphatic heterocycles. The van der Waals surface area contributed by atoms with E-state index in [0.29, 0.717) is 23.5 Å². The molecule has 2 aromatic rings. The van der Waals surface area contributed by atoms with Crippen LogP contribution in [0.3, 0.4) is 0 Å². The minimum atomic E-state index is -1.09. The summed E-state index contributed by atoms with van der Waals surface area (Å²) in [4.78, 5) is 23.6. The highest BCUT2D eigenvalue weighted by Crippen LogP contribution is 2.28. The Morgan fingerprint density at radius 2 is 1.72 bits per heavy atom. The Labute approximate surface area is 146 Å². The Morgan fingerprint density at radius 1 is 1.04 bits per heavy atom. The van der Waals surface area contributed by atoms with Crippen LogP contribution < -0.4 is 14.8 Å². The maximum Gasteiger partial charge on any atom is 0.330 e. The van der Waals surface area contributed by atoms with Crippen molar-refractivity contribution in [2.75, 3.05) is 14.2 Å². The van der Waals surface area contributed by atoms with Crippen molar-refractivity contribution in [2.24, 2.45) is 0 Å². The van der Waals surface area contributed by atoms with Gasteiger partial charge in [0.1, 0.15) is 0 Å². The number of aliphatic carboxylic acids is 1. The summed E-state index contributed by atoms with van der Waals surface area (Å²) in [6.07, 6.45) is 0.638. The minimum Gasteiger partial charge on any atom is -0.493 e. The van der Waals surface area contributed by atoms with Gasteiger partial charge in [0, 0.05) is 6.42 Å². The molecule has 132 valence electrons. The van der Waals surface area contributed by atoms with Crippen molar-refractivity contribution < 1.29 is 24.2 Å². The number of hydrogen-bond donors (Lipinski definition) is 2. The molecular weight excluding hydrogens is 322 g/mol. The molecule has 0 aromatic heterocycles. The van der Waals surface area contributed by atoms with Crippen LogP contribution in [-0.2, 0) is 16.0 Å². The first-order valence-corrected chi connectivity index (χ1v) is 7.83. The fourth-order valence-corrected chi connectivity index (χ4v) is 2.46. The molecule has 0 saturated heterocycles. The number of rotatable bonds is 8. The standard InChI is InChI=1S/C19H21NO5/c1-24-15-10-8-13(12-16(15)25-2)9-11-17(21)20-18(19(22)23)14-6-4-3-5-7-14/h3-8,10,12,18H,9,11H2,1-2H3,(H,20,21)(H,22,23)/t18-/m0/s1. The van der Waals surface area contributed by atoms with Gasteiger partial charge in [-0.1, -0.05) is 36.4 Å². The van der Waals surface area contributed by atoms with Crippen LogP contribution in [0.25, 0.3) is 0 Å². The summed E-state index contributed by atoms with van der Waals surface area (Å²) < 4.78 is 10.4. The van der Waals surface area contributed by atoms with Crippen molar-refractivity contribution in [3.63, 3.8) is 0 Å². The van der Waals surface area contributed by atoms with Gasteiger partial charge in [0.15, 0.2) is 17.5 Å². The molecule has 2 N–H and O–H groups in total. The number of amides is 1. The lowest BCUT2D eigenvalue weighted by Gasteiger charge is -2.15. The number of carbonyl (C=O) groups is 2. The van der Waals surface area contributed by atoms with E-state index in [-0.39, 0.29) is 12.3 Å². The van der Waals surface area contributed by atoms with E-state index in [4.69, 9.17) is 9.47 Å². The maximum atomic E-state index is 12.2. The van der Waals surface area contributed by atoms with Crippen molar-refractivity contribution in [2.45, 2.75) is 18.9 Å². The second-order valence-electron chi connectivity index (χ2n) is 5.44. The zero-order valence-corrected chi connectivity index (χ0v) is 14.2. The van der Waals surface area contributed by atoms with Crippen LogP contribution in [0.1, 0.15) is 23.6 Å². The van der Waals surface area contributed by atoms with E-state index < -0.39 is 12.0 Å². The smallest absolute Gasteiger partial charge is 0.330 e. The van der Waals surface area contributed by atoms with Gasteiger partial charge in [-0.3, -0.25) is 4.79 Å². The van der Waals surface area contributed by atoms with E-state index in [0.717, 1.165) is 5.56 Å². The number of ether oxygens (including phenoxy) is 2. The van der Waals surface area contributed by atoms with Crippen molar-refractivity contribution in [3.8, 4) is 11.5 Å². The summed E-state index contributed by atoms with van der Waals surface area (Å²) in [5, 5.41) is 11.9. The van der Waals surface area contributed by atoms with Crippen LogP contribution in [0.5, 0.6) is 11.5 Å². The Kier molecular flexibility index (Phi) is 6.39. The van der Waals surface area contributed by atoms with E-state index in [1.54, 1.807) is 56.7 Å². The van der Waals surface area contributed by atoms with Gasteiger partial charge in [-0.25, -0.2) is 4.79 Å². The van der Waals surface area contributed by atoms with Crippen LogP contribution in [0, 0.1) is 0 Å². The number of benzene rings is 2. The van der Waals surface area contributed by atoms with E-state index in [1.165, 1.54) is 0 Å². The van der Waals surface area contributed by atoms with Crippen molar-refractivity contribution in [1.82, 2.24) is 5.32 Å². The van der Waals surface area contributed by atoms with Crippen LogP contribution in [0.2, 0.25) is 0 Å². The molecule has 0 radical (unpaired) electrons. The van der Waals surface area contributed by atoms with Crippen LogP contribution >= 0.6 is 0 Å². The molecule has 0 saturated carbocycles. The molecule has 2 rings (SSSR count). The Balaban J connectivity index is 1.99. The first kappa shape index (κ1) is 18.3. The Morgan fingerprint density at radius 3 is 2.32 bits per heavy atom. The SMILES string of the molecule is COc1ccc(CCC(=O)N[C@H](C(=O)O)c2ccccc2)cc1OC. The number of methoxy groups -OCH3 is 2. The number of carboxylic acid groups (broad SMARTS) is 1. The largest absolute Gasteiger partial charge is 0.493 e. The molecule has 1 atom stereocenters. The molecule has 6 nitrogen and oxygen atoms in total. The van der Waals surface area contributed by atoms with Gasteiger partial charge in [-0.05, 0) is 29.7 Å². The third-order valence-corrected chi connectivity index (χ3v) is 3.77. The summed E-state index contributed by atoms with van der Waals surface area (Å²) in [5.74, 6) is -0.212. The van der Waals surface area contributed by atoms with Gasteiger partial charge < -0.3 is 19.9 Å². The molecule has 0 spiro atoms. The van der Waals surface area contributed by atoms with Gasteiger partial charge in [-0.15, -0.1) is 0 Å². The topological polar surface area (TPSA) is 84.9 Å². The van der Waals surface area contributed by atoms with Gasteiger partial charge in [0.25, 0.3) is 0 Å². The lowest BCUT2D eigenvalue weighted by Crippen LogP contribution is -2.33. The van der Waals surface area contributed by atoms with Gasteiger partial charge >= 0.3 is 5.97 Å². The van der Waals surface area contributed by atoms with Gasteiger partial charge in [0.05, 0.1) is 14.2 Å². The molecule has 0 unspecified atom stereocenters. The highest BCUT2D eigenvalue weighted by Gasteiger charge is 2.21. The Bertz CT molecular complexity index is 730. The molecule has 0 heterocycles. The van der Waals surface area contributed by atoms with Crippen LogP contribution in [-0.4, -0.2) is 31.2 Å². The zero-order chi connectivity index (χ0) is 18.2. The highest BCUT2D eigenvalue weighted by molar-refractivity contribution is 5.84. The normalized spacial score (nSPS) is 11.4. The zero-order valence-electron chi connectivity index (χ0n) is 14.2. The number of carbonyl (C=O) groups excluding carboxylic acids is 1. The fraction of sp³-hybridized carbons (Fsp3) is 0.263. The summed E-state index contributed by atoms with van der Waals surface area (Å²) in [6.45, 7) is 0. The van der Waals surface area contributed by atoms with Crippen LogP contribution in [0.15, 0.2) is 48.5 Å². The third kappa shape index (κ3) is 4.97. The Hall–Kier alpha value is -3.02. The van der Waals surface area contributed by atoms with E-state index in [9.17, 15) is 14.7 Å². The predicted octanol–water partition coefficient (Wildman–Crippen LogP) is 2.58. The summed E-state index contributed by atoms with van der Waals surface area (Å²) in [6, 6.07) is 13.0. The third-order valence-electron chi connectivity index (χ3n) is 3.77. The molecule has 0 bridgehead atoms. The van der Waals surface area contributed by atoms with Gasteiger partial charge in [0.2, 0.25) is 5.91 Å². The van der Waals surface area contributed by atoms with Crippen LogP contribution in [0.4, 0.5) is 0 Å². The predicted molar refractivity (Wildman–Crippen MR) is 92.8 cm³/mol. The lowest BCUT2D eigenvalue weighted by molar-refractivity contribution is -0.142. The molecule has 0 aliphatic carbocycles. The molecular formula is C19H21NO5. The number of aryl methyl sites for hydroxylation is 1. The maximum absolute atomic E-state index is 12.2. The molecule has 1 amide bonds. The van der Waals surface area contributed by atoms with E-state index >= 15 is 0 Å². The minimum absolute atomic E-state index is 0.173. The van der Waals surface area contributed by atoms with Crippen molar-refractivity contribution in [1.29, 1.82) is 0 Å². The number of hydrogen-bond acceptors (Lipinski definition) is 4. The number of nitrogens with one attached hydrogen (secondary N) is 1. The second kappa shape index (κ2) is 8.73. The average molecular weight is 343 g/mol. The first-order chi connectivity index (χ1) is 12.0. The lowest BCUT2D eigenvalue weighted by atomic mass is 10.1. The average Bonchev–Trinajstić information content (AvgIpc) is 2.64. The van der Waals surface area contributed by atoms with E-state index in [2.05, 4.69) is 5.32 Å². The molecule has 2 aromatic carbocycles. The highest BCUT2D eigenvalue weighted by atomic mass is 16.5. The fourth-order valence-electron chi connectivity index (χ4n) is 2.46. The number of carboxylic acids is 1. The summed E-state index contributed by atoms with van der Waals surface area (Å²) >= 11 is 0. The molecule has 0 fully saturated rings. The quantitative estimate of drug-likeness (QED) is 0.769. The van der Waals surface area contributed by atoms with Gasteiger partial charge in [-0.2, -0.15) is 0 Å². The second-order valence-corrected chi connectivity index (χ2v) is 5.44. The van der Waals surface area contributed by atoms with E-state index in [1.807, 2.05) is 6.07 Å². The molecule has 25 heavy (non-hydrogen) atoms. The van der Waals surface area contributed by atoms with Crippen molar-refractivity contribution in [3.05, 3.63) is 59.7 Å².